The van der Waals surface area contributed by atoms with E-state index in [2.05, 4.69) is 49.1 Å². The van der Waals surface area contributed by atoms with Crippen LogP contribution in [-0.4, -0.2) is 30.1 Å². The normalized spacial score (nSPS) is 24.8. The molecule has 1 fully saturated rings. The van der Waals surface area contributed by atoms with Gasteiger partial charge in [-0.25, -0.2) is 0 Å². The van der Waals surface area contributed by atoms with Gasteiger partial charge in [0.1, 0.15) is 0 Å². The summed E-state index contributed by atoms with van der Waals surface area (Å²) in [5.74, 6) is 0.649. The van der Waals surface area contributed by atoms with Crippen LogP contribution in [0, 0.1) is 0 Å². The Morgan fingerprint density at radius 1 is 1.15 bits per heavy atom. The fourth-order valence-corrected chi connectivity index (χ4v) is 3.37. The molecule has 2 heteroatoms. The van der Waals surface area contributed by atoms with Gasteiger partial charge in [-0.2, -0.15) is 0 Å². The lowest BCUT2D eigenvalue weighted by Gasteiger charge is -2.36. The quantitative estimate of drug-likeness (QED) is 0.855. The zero-order chi connectivity index (χ0) is 14.4. The van der Waals surface area contributed by atoms with Crippen LogP contribution in [0.15, 0.2) is 30.3 Å². The van der Waals surface area contributed by atoms with Crippen LogP contribution in [0.5, 0.6) is 0 Å². The molecule has 0 saturated heterocycles. The third kappa shape index (κ3) is 4.32. The molecule has 0 aliphatic heterocycles. The Morgan fingerprint density at radius 3 is 2.40 bits per heavy atom. The highest BCUT2D eigenvalue weighted by Gasteiger charge is 2.23. The van der Waals surface area contributed by atoms with Gasteiger partial charge in [0, 0.05) is 12.1 Å². The number of rotatable bonds is 6. The monoisotopic (exact) mass is 274 g/mol. The highest BCUT2D eigenvalue weighted by atomic mass is 15.1. The second-order valence-electron chi connectivity index (χ2n) is 6.30. The molecular formula is C18H30N2. The molecule has 1 aliphatic carbocycles. The van der Waals surface area contributed by atoms with E-state index in [-0.39, 0.29) is 0 Å². The molecule has 1 saturated carbocycles. The van der Waals surface area contributed by atoms with Crippen molar-refractivity contribution in [3.63, 3.8) is 0 Å². The number of nitrogens with zero attached hydrogens (tertiary/aromatic N) is 1. The Morgan fingerprint density at radius 2 is 1.80 bits per heavy atom. The topological polar surface area (TPSA) is 29.3 Å². The summed E-state index contributed by atoms with van der Waals surface area (Å²) in [5, 5.41) is 0. The van der Waals surface area contributed by atoms with Gasteiger partial charge in [0.25, 0.3) is 0 Å². The van der Waals surface area contributed by atoms with Crippen molar-refractivity contribution in [3.8, 4) is 0 Å². The summed E-state index contributed by atoms with van der Waals surface area (Å²) in [4.78, 5) is 2.67. The molecule has 0 spiro atoms. The largest absolute Gasteiger partial charge is 0.328 e. The van der Waals surface area contributed by atoms with Crippen LogP contribution >= 0.6 is 0 Å². The van der Waals surface area contributed by atoms with Crippen LogP contribution in [0.1, 0.15) is 57.4 Å². The standard InChI is InChI=1S/C18H30N2/c1-3-20(18-11-9-17(19)10-12-18)14-13-15(2)16-7-5-4-6-8-16/h4-8,15,17-18H,3,9-14,19H2,1-2H3. The predicted octanol–water partition coefficient (Wildman–Crippen LogP) is 3.77. The van der Waals surface area contributed by atoms with E-state index in [0.29, 0.717) is 12.0 Å². The Labute approximate surface area is 124 Å². The molecule has 20 heavy (non-hydrogen) atoms. The van der Waals surface area contributed by atoms with Crippen LogP contribution in [0.25, 0.3) is 0 Å². The minimum atomic E-state index is 0.452. The SMILES string of the molecule is CCN(CCC(C)c1ccccc1)C1CCC(N)CC1. The fraction of sp³-hybridized carbons (Fsp3) is 0.667. The van der Waals surface area contributed by atoms with Gasteiger partial charge in [-0.05, 0) is 56.7 Å². The van der Waals surface area contributed by atoms with Gasteiger partial charge in [0.05, 0.1) is 0 Å². The minimum Gasteiger partial charge on any atom is -0.328 e. The Balaban J connectivity index is 1.81. The van der Waals surface area contributed by atoms with Gasteiger partial charge >= 0.3 is 0 Å². The van der Waals surface area contributed by atoms with Gasteiger partial charge < -0.3 is 10.6 Å². The molecule has 2 rings (SSSR count). The van der Waals surface area contributed by atoms with E-state index < -0.39 is 0 Å². The van der Waals surface area contributed by atoms with Gasteiger partial charge in [-0.3, -0.25) is 0 Å². The van der Waals surface area contributed by atoms with Gasteiger partial charge in [-0.15, -0.1) is 0 Å². The maximum atomic E-state index is 6.02. The molecule has 0 aromatic heterocycles. The molecule has 1 aromatic rings. The van der Waals surface area contributed by atoms with Crippen molar-refractivity contribution in [2.45, 2.75) is 64.0 Å². The molecule has 112 valence electrons. The van der Waals surface area contributed by atoms with E-state index in [1.165, 1.54) is 50.8 Å². The van der Waals surface area contributed by atoms with Crippen molar-refractivity contribution in [3.05, 3.63) is 35.9 Å². The zero-order valence-electron chi connectivity index (χ0n) is 13.1. The van der Waals surface area contributed by atoms with E-state index in [9.17, 15) is 0 Å². The summed E-state index contributed by atoms with van der Waals surface area (Å²) < 4.78 is 0. The predicted molar refractivity (Wildman–Crippen MR) is 87.0 cm³/mol. The average molecular weight is 274 g/mol. The lowest BCUT2D eigenvalue weighted by molar-refractivity contribution is 0.152. The highest BCUT2D eigenvalue weighted by molar-refractivity contribution is 5.18. The summed E-state index contributed by atoms with van der Waals surface area (Å²) in [6, 6.07) is 12.1. The molecule has 1 atom stereocenters. The minimum absolute atomic E-state index is 0.452. The van der Waals surface area contributed by atoms with E-state index in [1.54, 1.807) is 0 Å². The van der Waals surface area contributed by atoms with Crippen molar-refractivity contribution < 1.29 is 0 Å². The van der Waals surface area contributed by atoms with E-state index >= 15 is 0 Å². The zero-order valence-corrected chi connectivity index (χ0v) is 13.1. The maximum absolute atomic E-state index is 6.02. The molecule has 2 nitrogen and oxygen atoms in total. The van der Waals surface area contributed by atoms with Gasteiger partial charge in [0.2, 0.25) is 0 Å². The fourth-order valence-electron chi connectivity index (χ4n) is 3.37. The number of benzene rings is 1. The number of nitrogens with two attached hydrogens (primary N) is 1. The lowest BCUT2D eigenvalue weighted by Crippen LogP contribution is -2.41. The van der Waals surface area contributed by atoms with Crippen LogP contribution in [0.2, 0.25) is 0 Å². The number of hydrogen-bond acceptors (Lipinski definition) is 2. The maximum Gasteiger partial charge on any atom is 0.00962 e. The second-order valence-corrected chi connectivity index (χ2v) is 6.30. The van der Waals surface area contributed by atoms with Crippen LogP contribution in [0.4, 0.5) is 0 Å². The molecule has 0 bridgehead atoms. The van der Waals surface area contributed by atoms with Gasteiger partial charge in [-0.1, -0.05) is 44.2 Å². The summed E-state index contributed by atoms with van der Waals surface area (Å²) >= 11 is 0. The molecule has 0 amide bonds. The average Bonchev–Trinajstić information content (AvgIpc) is 2.50. The van der Waals surface area contributed by atoms with Crippen molar-refractivity contribution >= 4 is 0 Å². The highest BCUT2D eigenvalue weighted by Crippen LogP contribution is 2.24. The van der Waals surface area contributed by atoms with Crippen LogP contribution < -0.4 is 5.73 Å². The first-order valence-electron chi connectivity index (χ1n) is 8.25. The molecule has 0 heterocycles. The molecule has 1 aromatic carbocycles. The smallest absolute Gasteiger partial charge is 0.00962 e. The van der Waals surface area contributed by atoms with Crippen molar-refractivity contribution in [1.82, 2.24) is 4.90 Å². The van der Waals surface area contributed by atoms with E-state index in [4.69, 9.17) is 5.73 Å². The van der Waals surface area contributed by atoms with Crippen molar-refractivity contribution in [2.24, 2.45) is 5.73 Å². The first kappa shape index (κ1) is 15.5. The third-order valence-electron chi connectivity index (χ3n) is 4.88. The second kappa shape index (κ2) is 7.80. The van der Waals surface area contributed by atoms with Crippen LogP contribution in [0.3, 0.4) is 0 Å². The molecule has 1 unspecified atom stereocenters. The molecule has 0 radical (unpaired) electrons. The lowest BCUT2D eigenvalue weighted by atomic mass is 9.90. The first-order valence-corrected chi connectivity index (χ1v) is 8.25. The first-order chi connectivity index (χ1) is 9.70. The summed E-state index contributed by atoms with van der Waals surface area (Å²) in [5.41, 5.74) is 7.49. The Hall–Kier alpha value is -0.860. The van der Waals surface area contributed by atoms with Gasteiger partial charge in [0.15, 0.2) is 0 Å². The van der Waals surface area contributed by atoms with E-state index in [1.807, 2.05) is 0 Å². The third-order valence-corrected chi connectivity index (χ3v) is 4.88. The van der Waals surface area contributed by atoms with E-state index in [0.717, 1.165) is 6.04 Å². The summed E-state index contributed by atoms with van der Waals surface area (Å²) in [6.07, 6.45) is 6.23. The van der Waals surface area contributed by atoms with Crippen LogP contribution in [-0.2, 0) is 0 Å². The Kier molecular flexibility index (Phi) is 6.06. The summed E-state index contributed by atoms with van der Waals surface area (Å²) in [7, 11) is 0. The molecule has 2 N–H and O–H groups in total. The van der Waals surface area contributed by atoms with Crippen molar-refractivity contribution in [2.75, 3.05) is 13.1 Å². The molecular weight excluding hydrogens is 244 g/mol. The summed E-state index contributed by atoms with van der Waals surface area (Å²) in [6.45, 7) is 7.02. The Bertz CT molecular complexity index is 368. The molecule has 1 aliphatic rings. The number of hydrogen-bond donors (Lipinski definition) is 1. The van der Waals surface area contributed by atoms with Crippen molar-refractivity contribution in [1.29, 1.82) is 0 Å².